The first-order chi connectivity index (χ1) is 19.0. The number of hydrogen-bond acceptors (Lipinski definition) is 5. The molecule has 8 nitrogen and oxygen atoms in total. The Kier molecular flexibility index (Phi) is 8.95. The quantitative estimate of drug-likeness (QED) is 0.499. The van der Waals surface area contributed by atoms with E-state index in [0.29, 0.717) is 32.5 Å². The molecular formula is C31H41FN4O4. The topological polar surface area (TPSA) is 91.0 Å². The highest BCUT2D eigenvalue weighted by molar-refractivity contribution is 5.93. The van der Waals surface area contributed by atoms with Gasteiger partial charge in [-0.2, -0.15) is 0 Å². The first-order valence-corrected chi connectivity index (χ1v) is 13.9. The molecule has 1 spiro atoms. The number of aryl methyl sites for hydroxylation is 1. The standard InChI is InChI=1S/C31H41FN4O4/c1-21-7-9-22(10-8-21)18-40-19-26(34-28(38)30(2,3)33-4)27(37)36-16-6-15-31(20-36)25(17-35(5)29(31)39)23-11-13-24(32)14-12-23/h7-14,25-26,33H,6,15-20H2,1-5H3,(H,34,38). The second-order valence-electron chi connectivity index (χ2n) is 11.7. The van der Waals surface area contributed by atoms with Crippen molar-refractivity contribution in [1.82, 2.24) is 20.4 Å². The van der Waals surface area contributed by atoms with E-state index >= 15 is 0 Å². The predicted octanol–water partition coefficient (Wildman–Crippen LogP) is 3.00. The van der Waals surface area contributed by atoms with E-state index in [-0.39, 0.29) is 42.6 Å². The number of nitrogens with zero attached hydrogens (tertiary/aromatic N) is 2. The lowest BCUT2D eigenvalue weighted by atomic mass is 9.69. The van der Waals surface area contributed by atoms with Crippen LogP contribution in [0.25, 0.3) is 0 Å². The molecular weight excluding hydrogens is 511 g/mol. The highest BCUT2D eigenvalue weighted by atomic mass is 19.1. The zero-order chi connectivity index (χ0) is 29.1. The SMILES string of the molecule is CNC(C)(C)C(=O)NC(COCc1ccc(C)cc1)C(=O)N1CCCC2(C1)C(=O)N(C)CC2c1ccc(F)cc1. The van der Waals surface area contributed by atoms with E-state index in [9.17, 15) is 18.8 Å². The number of likely N-dealkylation sites (N-methyl/N-ethyl adjacent to an activating group) is 2. The number of likely N-dealkylation sites (tertiary alicyclic amines) is 2. The highest BCUT2D eigenvalue weighted by Gasteiger charge is 2.56. The molecule has 0 bridgehead atoms. The number of piperidine rings is 1. The van der Waals surface area contributed by atoms with Gasteiger partial charge in [-0.3, -0.25) is 14.4 Å². The summed E-state index contributed by atoms with van der Waals surface area (Å²) in [6.45, 7) is 7.01. The molecule has 40 heavy (non-hydrogen) atoms. The fourth-order valence-corrected chi connectivity index (χ4v) is 5.74. The van der Waals surface area contributed by atoms with Crippen LogP contribution in [0.4, 0.5) is 4.39 Å². The van der Waals surface area contributed by atoms with Gasteiger partial charge in [-0.1, -0.05) is 42.0 Å². The van der Waals surface area contributed by atoms with E-state index in [1.165, 1.54) is 12.1 Å². The van der Waals surface area contributed by atoms with Crippen molar-refractivity contribution in [2.45, 2.75) is 57.7 Å². The molecule has 2 aromatic rings. The molecule has 0 aromatic heterocycles. The zero-order valence-electron chi connectivity index (χ0n) is 24.1. The summed E-state index contributed by atoms with van der Waals surface area (Å²) in [6.07, 6.45) is 1.28. The average molecular weight is 553 g/mol. The van der Waals surface area contributed by atoms with E-state index in [4.69, 9.17) is 4.74 Å². The summed E-state index contributed by atoms with van der Waals surface area (Å²) in [5.41, 5.74) is 1.30. The number of amides is 3. The third-order valence-corrected chi connectivity index (χ3v) is 8.47. The summed E-state index contributed by atoms with van der Waals surface area (Å²) in [6, 6.07) is 13.3. The summed E-state index contributed by atoms with van der Waals surface area (Å²) >= 11 is 0. The molecule has 2 aromatic carbocycles. The van der Waals surface area contributed by atoms with Crippen LogP contribution in [-0.4, -0.2) is 79.4 Å². The summed E-state index contributed by atoms with van der Waals surface area (Å²) < 4.78 is 19.6. The Hall–Kier alpha value is -3.30. The molecule has 0 aliphatic carbocycles. The van der Waals surface area contributed by atoms with Crippen LogP contribution in [-0.2, 0) is 25.7 Å². The summed E-state index contributed by atoms with van der Waals surface area (Å²) in [5.74, 6) is -1.10. The fourth-order valence-electron chi connectivity index (χ4n) is 5.74. The third kappa shape index (κ3) is 6.20. The maximum absolute atomic E-state index is 14.0. The minimum absolute atomic E-state index is 0.00299. The van der Waals surface area contributed by atoms with Crippen LogP contribution in [0.3, 0.4) is 0 Å². The maximum Gasteiger partial charge on any atom is 0.247 e. The number of rotatable bonds is 9. The summed E-state index contributed by atoms with van der Waals surface area (Å²) in [5, 5.41) is 5.87. The Morgan fingerprint density at radius 1 is 1.15 bits per heavy atom. The van der Waals surface area contributed by atoms with Gasteiger partial charge in [0.1, 0.15) is 11.9 Å². The van der Waals surface area contributed by atoms with Crippen molar-refractivity contribution >= 4 is 17.7 Å². The number of benzene rings is 2. The number of halogens is 1. The van der Waals surface area contributed by atoms with Crippen molar-refractivity contribution in [2.24, 2.45) is 5.41 Å². The first kappa shape index (κ1) is 29.7. The van der Waals surface area contributed by atoms with Gasteiger partial charge in [0, 0.05) is 32.6 Å². The predicted molar refractivity (Wildman–Crippen MR) is 151 cm³/mol. The number of carbonyl (C=O) groups excluding carboxylic acids is 3. The van der Waals surface area contributed by atoms with E-state index < -0.39 is 17.0 Å². The molecule has 216 valence electrons. The van der Waals surface area contributed by atoms with E-state index in [1.807, 2.05) is 31.2 Å². The van der Waals surface area contributed by atoms with Gasteiger partial charge < -0.3 is 25.2 Å². The number of hydrogen-bond donors (Lipinski definition) is 2. The van der Waals surface area contributed by atoms with E-state index in [1.54, 1.807) is 49.9 Å². The van der Waals surface area contributed by atoms with Crippen LogP contribution < -0.4 is 10.6 Å². The molecule has 2 saturated heterocycles. The minimum Gasteiger partial charge on any atom is -0.374 e. The fraction of sp³-hybridized carbons (Fsp3) is 0.516. The molecule has 3 amide bonds. The lowest BCUT2D eigenvalue weighted by Gasteiger charge is -2.43. The second kappa shape index (κ2) is 12.1. The Morgan fingerprint density at radius 2 is 1.82 bits per heavy atom. The largest absolute Gasteiger partial charge is 0.374 e. The lowest BCUT2D eigenvalue weighted by Crippen LogP contribution is -2.60. The molecule has 2 aliphatic heterocycles. The lowest BCUT2D eigenvalue weighted by molar-refractivity contribution is -0.147. The van der Waals surface area contributed by atoms with Gasteiger partial charge in [-0.15, -0.1) is 0 Å². The Morgan fingerprint density at radius 3 is 2.48 bits per heavy atom. The van der Waals surface area contributed by atoms with Crippen LogP contribution in [0.5, 0.6) is 0 Å². The van der Waals surface area contributed by atoms with Gasteiger partial charge >= 0.3 is 0 Å². The second-order valence-corrected chi connectivity index (χ2v) is 11.7. The Balaban J connectivity index is 1.55. The molecule has 2 heterocycles. The maximum atomic E-state index is 14.0. The van der Waals surface area contributed by atoms with E-state index in [2.05, 4.69) is 10.6 Å². The van der Waals surface area contributed by atoms with Crippen LogP contribution in [0.2, 0.25) is 0 Å². The monoisotopic (exact) mass is 552 g/mol. The average Bonchev–Trinajstić information content (AvgIpc) is 3.18. The van der Waals surface area contributed by atoms with Crippen LogP contribution in [0.15, 0.2) is 48.5 Å². The van der Waals surface area contributed by atoms with Gasteiger partial charge in [0.15, 0.2) is 0 Å². The normalized spacial score (nSPS) is 22.1. The molecule has 3 unspecified atom stereocenters. The zero-order valence-corrected chi connectivity index (χ0v) is 24.1. The molecule has 9 heteroatoms. The van der Waals surface area contributed by atoms with Gasteiger partial charge in [0.05, 0.1) is 24.2 Å². The Labute approximate surface area is 236 Å². The molecule has 2 aliphatic rings. The molecule has 3 atom stereocenters. The van der Waals surface area contributed by atoms with Crippen molar-refractivity contribution in [2.75, 3.05) is 40.3 Å². The Bertz CT molecular complexity index is 1220. The van der Waals surface area contributed by atoms with Crippen molar-refractivity contribution in [3.8, 4) is 0 Å². The molecule has 0 saturated carbocycles. The molecule has 0 radical (unpaired) electrons. The smallest absolute Gasteiger partial charge is 0.247 e. The van der Waals surface area contributed by atoms with Crippen LogP contribution >= 0.6 is 0 Å². The number of carbonyl (C=O) groups is 3. The van der Waals surface area contributed by atoms with Gasteiger partial charge in [0.2, 0.25) is 17.7 Å². The third-order valence-electron chi connectivity index (χ3n) is 8.47. The van der Waals surface area contributed by atoms with Crippen LogP contribution in [0, 0.1) is 18.2 Å². The van der Waals surface area contributed by atoms with Gasteiger partial charge in [-0.05, 0) is 63.9 Å². The summed E-state index contributed by atoms with van der Waals surface area (Å²) in [4.78, 5) is 44.1. The van der Waals surface area contributed by atoms with Crippen molar-refractivity contribution in [3.05, 3.63) is 71.0 Å². The number of nitrogens with one attached hydrogen (secondary N) is 2. The molecule has 2 fully saturated rings. The minimum atomic E-state index is -0.917. The summed E-state index contributed by atoms with van der Waals surface area (Å²) in [7, 11) is 3.46. The first-order valence-electron chi connectivity index (χ1n) is 13.9. The van der Waals surface area contributed by atoms with Crippen molar-refractivity contribution in [3.63, 3.8) is 0 Å². The van der Waals surface area contributed by atoms with Crippen LogP contribution in [0.1, 0.15) is 49.3 Å². The van der Waals surface area contributed by atoms with Gasteiger partial charge in [-0.25, -0.2) is 4.39 Å². The van der Waals surface area contributed by atoms with E-state index in [0.717, 1.165) is 16.7 Å². The van der Waals surface area contributed by atoms with Crippen molar-refractivity contribution in [1.29, 1.82) is 0 Å². The number of ether oxygens (including phenoxy) is 1. The molecule has 2 N–H and O–H groups in total. The van der Waals surface area contributed by atoms with Crippen molar-refractivity contribution < 1.29 is 23.5 Å². The molecule has 4 rings (SSSR count). The van der Waals surface area contributed by atoms with Gasteiger partial charge in [0.25, 0.3) is 0 Å². The highest BCUT2D eigenvalue weighted by Crippen LogP contribution is 2.49.